The third kappa shape index (κ3) is 6.54. The van der Waals surface area contributed by atoms with Crippen LogP contribution < -0.4 is 15.5 Å². The number of aliphatic hydroxyl groups excluding tert-OH is 1. The Balaban J connectivity index is 1.43. The van der Waals surface area contributed by atoms with Gasteiger partial charge in [-0.25, -0.2) is 4.79 Å². The number of alkyl halides is 3. The van der Waals surface area contributed by atoms with Gasteiger partial charge in [0.05, 0.1) is 24.2 Å². The second kappa shape index (κ2) is 11.4. The van der Waals surface area contributed by atoms with Gasteiger partial charge in [-0.2, -0.15) is 13.2 Å². The molecule has 2 amide bonds. The number of esters is 1. The van der Waals surface area contributed by atoms with Crippen LogP contribution in [0, 0.1) is 5.92 Å². The lowest BCUT2D eigenvalue weighted by molar-refractivity contribution is -0.148. The van der Waals surface area contributed by atoms with Crippen LogP contribution in [0.1, 0.15) is 48.4 Å². The van der Waals surface area contributed by atoms with Crippen LogP contribution in [0.25, 0.3) is 0 Å². The first-order valence-corrected chi connectivity index (χ1v) is 12.6. The lowest BCUT2D eigenvalue weighted by Gasteiger charge is -2.34. The number of nitrogens with one attached hydrogen (secondary N) is 2. The van der Waals surface area contributed by atoms with Gasteiger partial charge in [0.15, 0.2) is 0 Å². The average Bonchev–Trinajstić information content (AvgIpc) is 2.87. The van der Waals surface area contributed by atoms with E-state index in [0.29, 0.717) is 50.0 Å². The van der Waals surface area contributed by atoms with E-state index >= 15 is 0 Å². The monoisotopic (exact) mass is 519 g/mol. The Labute approximate surface area is 214 Å². The number of aliphatic hydroxyl groups is 1. The molecule has 2 aliphatic rings. The maximum atomic E-state index is 13.8. The molecule has 4 rings (SSSR count). The Hall–Kier alpha value is -3.27. The zero-order valence-corrected chi connectivity index (χ0v) is 20.7. The van der Waals surface area contributed by atoms with Crippen molar-refractivity contribution in [2.45, 2.75) is 57.9 Å². The van der Waals surface area contributed by atoms with E-state index in [2.05, 4.69) is 10.6 Å². The van der Waals surface area contributed by atoms with Crippen molar-refractivity contribution in [3.8, 4) is 0 Å². The molecular weight excluding hydrogens is 487 g/mol. The summed E-state index contributed by atoms with van der Waals surface area (Å²) in [4.78, 5) is 26.3. The van der Waals surface area contributed by atoms with Gasteiger partial charge >= 0.3 is 18.2 Å². The normalized spacial score (nSPS) is 18.2. The molecule has 1 aliphatic heterocycles. The quantitative estimate of drug-likeness (QED) is 0.483. The minimum Gasteiger partial charge on any atom is -0.466 e. The number of rotatable bonds is 6. The van der Waals surface area contributed by atoms with E-state index in [0.717, 1.165) is 23.6 Å². The van der Waals surface area contributed by atoms with Crippen LogP contribution in [-0.2, 0) is 35.1 Å². The molecule has 7 nitrogen and oxygen atoms in total. The molecule has 3 N–H and O–H groups in total. The molecule has 0 radical (unpaired) electrons. The number of hydrogen-bond donors (Lipinski definition) is 3. The number of urea groups is 1. The highest BCUT2D eigenvalue weighted by Gasteiger charge is 2.36. The molecule has 10 heteroatoms. The molecule has 1 atom stereocenters. The SMILES string of the molecule is CCOC(=O)C1CCN(c2cc(CNC(=O)Nc3cccc4c3CC(O)CC4)ccc2C(F)(F)F)CC1. The summed E-state index contributed by atoms with van der Waals surface area (Å²) in [5.41, 5.74) is 2.43. The van der Waals surface area contributed by atoms with Gasteiger partial charge in [-0.3, -0.25) is 4.79 Å². The van der Waals surface area contributed by atoms with Gasteiger partial charge in [0.2, 0.25) is 0 Å². The summed E-state index contributed by atoms with van der Waals surface area (Å²) >= 11 is 0. The van der Waals surface area contributed by atoms with Crippen LogP contribution in [0.15, 0.2) is 36.4 Å². The Morgan fingerprint density at radius 1 is 1.14 bits per heavy atom. The number of hydrogen-bond acceptors (Lipinski definition) is 5. The number of carbonyl (C=O) groups excluding carboxylic acids is 2. The lowest BCUT2D eigenvalue weighted by atomic mass is 9.88. The number of amides is 2. The smallest absolute Gasteiger partial charge is 0.418 e. The topological polar surface area (TPSA) is 90.9 Å². The van der Waals surface area contributed by atoms with E-state index in [1.165, 1.54) is 12.1 Å². The van der Waals surface area contributed by atoms with Crippen LogP contribution in [0.3, 0.4) is 0 Å². The first kappa shape index (κ1) is 26.8. The van der Waals surface area contributed by atoms with Gasteiger partial charge in [-0.15, -0.1) is 0 Å². The van der Waals surface area contributed by atoms with Gasteiger partial charge in [0.25, 0.3) is 0 Å². The molecule has 0 bridgehead atoms. The fourth-order valence-electron chi connectivity index (χ4n) is 5.04. The largest absolute Gasteiger partial charge is 0.466 e. The number of halogens is 3. The number of aryl methyl sites for hydroxylation is 1. The Bertz CT molecular complexity index is 1130. The zero-order valence-electron chi connectivity index (χ0n) is 20.7. The average molecular weight is 520 g/mol. The number of fused-ring (bicyclic) bond motifs is 1. The van der Waals surface area contributed by atoms with E-state index in [4.69, 9.17) is 4.74 Å². The summed E-state index contributed by atoms with van der Waals surface area (Å²) in [6.07, 6.45) is -2.28. The molecule has 1 heterocycles. The van der Waals surface area contributed by atoms with Gasteiger partial charge in [0, 0.05) is 37.4 Å². The molecule has 2 aromatic carbocycles. The third-order valence-electron chi connectivity index (χ3n) is 6.98. The zero-order chi connectivity index (χ0) is 26.6. The Morgan fingerprint density at radius 3 is 2.59 bits per heavy atom. The summed E-state index contributed by atoms with van der Waals surface area (Å²) in [6, 6.07) is 8.96. The number of benzene rings is 2. The van der Waals surface area contributed by atoms with Crippen molar-refractivity contribution in [1.82, 2.24) is 5.32 Å². The summed E-state index contributed by atoms with van der Waals surface area (Å²) in [6.45, 7) is 2.63. The fraction of sp³-hybridized carbons (Fsp3) is 0.481. The predicted molar refractivity (Wildman–Crippen MR) is 133 cm³/mol. The molecular formula is C27H32F3N3O4. The standard InChI is InChI=1S/C27H32F3N3O4/c1-2-37-25(35)19-10-12-33(13-11-19)24-14-17(6-9-22(24)27(28,29)30)16-31-26(36)32-23-5-3-4-18-7-8-20(34)15-21(18)23/h3-6,9,14,19-20,34H,2,7-8,10-13,15-16H2,1H3,(H2,31,32,36). The summed E-state index contributed by atoms with van der Waals surface area (Å²) in [5.74, 6) is -0.625. The maximum absolute atomic E-state index is 13.8. The van der Waals surface area contributed by atoms with E-state index in [-0.39, 0.29) is 30.7 Å². The molecule has 1 fully saturated rings. The number of nitrogens with zero attached hydrogens (tertiary/aromatic N) is 1. The van der Waals surface area contributed by atoms with Crippen LogP contribution in [0.2, 0.25) is 0 Å². The van der Waals surface area contributed by atoms with Crippen molar-refractivity contribution in [3.63, 3.8) is 0 Å². The van der Waals surface area contributed by atoms with Crippen molar-refractivity contribution >= 4 is 23.4 Å². The minimum atomic E-state index is -4.53. The second-order valence-corrected chi connectivity index (χ2v) is 9.51. The van der Waals surface area contributed by atoms with Gasteiger partial charge in [-0.1, -0.05) is 18.2 Å². The molecule has 0 spiro atoms. The minimum absolute atomic E-state index is 0.0356. The number of carbonyl (C=O) groups is 2. The molecule has 1 aliphatic carbocycles. The van der Waals surface area contributed by atoms with Crippen LogP contribution in [0.5, 0.6) is 0 Å². The maximum Gasteiger partial charge on any atom is 0.418 e. The molecule has 37 heavy (non-hydrogen) atoms. The molecule has 200 valence electrons. The van der Waals surface area contributed by atoms with Gasteiger partial charge < -0.3 is 25.4 Å². The lowest BCUT2D eigenvalue weighted by Crippen LogP contribution is -2.38. The Kier molecular flexibility index (Phi) is 8.26. The number of anilines is 2. The van der Waals surface area contributed by atoms with Crippen molar-refractivity contribution in [3.05, 3.63) is 58.7 Å². The van der Waals surface area contributed by atoms with Crippen molar-refractivity contribution in [2.24, 2.45) is 5.92 Å². The summed E-state index contributed by atoms with van der Waals surface area (Å²) < 4.78 is 46.3. The third-order valence-corrected chi connectivity index (χ3v) is 6.98. The Morgan fingerprint density at radius 2 is 1.89 bits per heavy atom. The number of piperidine rings is 1. The van der Waals surface area contributed by atoms with Crippen molar-refractivity contribution in [2.75, 3.05) is 29.9 Å². The van der Waals surface area contributed by atoms with E-state index < -0.39 is 23.9 Å². The molecule has 2 aromatic rings. The predicted octanol–water partition coefficient (Wildman–Crippen LogP) is 4.66. The van der Waals surface area contributed by atoms with Crippen molar-refractivity contribution in [1.29, 1.82) is 0 Å². The first-order chi connectivity index (χ1) is 17.7. The molecule has 0 aromatic heterocycles. The van der Waals surface area contributed by atoms with Crippen LogP contribution in [-0.4, -0.2) is 42.9 Å². The molecule has 0 saturated carbocycles. The molecule has 1 saturated heterocycles. The van der Waals surface area contributed by atoms with Crippen molar-refractivity contribution < 1.29 is 32.6 Å². The number of ether oxygens (including phenoxy) is 1. The highest BCUT2D eigenvalue weighted by Crippen LogP contribution is 2.38. The summed E-state index contributed by atoms with van der Waals surface area (Å²) in [7, 11) is 0. The van der Waals surface area contributed by atoms with Crippen LogP contribution >= 0.6 is 0 Å². The summed E-state index contributed by atoms with van der Waals surface area (Å²) in [5, 5.41) is 15.5. The van der Waals surface area contributed by atoms with Gasteiger partial charge in [0.1, 0.15) is 0 Å². The first-order valence-electron chi connectivity index (χ1n) is 12.6. The van der Waals surface area contributed by atoms with E-state index in [1.807, 2.05) is 12.1 Å². The van der Waals surface area contributed by atoms with E-state index in [1.54, 1.807) is 17.9 Å². The van der Waals surface area contributed by atoms with E-state index in [9.17, 15) is 27.9 Å². The highest BCUT2D eigenvalue weighted by molar-refractivity contribution is 5.90. The highest BCUT2D eigenvalue weighted by atomic mass is 19.4. The molecule has 1 unspecified atom stereocenters. The van der Waals surface area contributed by atoms with Crippen LogP contribution in [0.4, 0.5) is 29.3 Å². The second-order valence-electron chi connectivity index (χ2n) is 9.51. The fourth-order valence-corrected chi connectivity index (χ4v) is 5.04. The van der Waals surface area contributed by atoms with Gasteiger partial charge in [-0.05, 0) is 67.5 Å².